The van der Waals surface area contributed by atoms with Crippen LogP contribution in [-0.4, -0.2) is 5.97 Å². The van der Waals surface area contributed by atoms with Crippen molar-refractivity contribution in [3.05, 3.63) is 35.9 Å². The smallest absolute Gasteiger partial charge is 0.312 e. The van der Waals surface area contributed by atoms with E-state index in [9.17, 15) is 4.79 Å². The monoisotopic (exact) mass is 232 g/mol. The Balaban J connectivity index is 1.88. The molecular weight excluding hydrogens is 212 g/mol. The van der Waals surface area contributed by atoms with Gasteiger partial charge in [0.05, 0.1) is 5.41 Å². The summed E-state index contributed by atoms with van der Waals surface area (Å²) in [5.41, 5.74) is 0.813. The number of carbonyl (C=O) groups excluding carboxylic acids is 1. The average Bonchev–Trinajstić information content (AvgIpc) is 2.38. The van der Waals surface area contributed by atoms with Gasteiger partial charge in [0.2, 0.25) is 0 Å². The van der Waals surface area contributed by atoms with Gasteiger partial charge >= 0.3 is 5.97 Å². The van der Waals surface area contributed by atoms with Crippen molar-refractivity contribution in [3.8, 4) is 0 Å². The molecule has 0 radical (unpaired) electrons. The lowest BCUT2D eigenvalue weighted by molar-refractivity contribution is -0.158. The summed E-state index contributed by atoms with van der Waals surface area (Å²) in [6.45, 7) is 2.44. The van der Waals surface area contributed by atoms with Gasteiger partial charge in [0.25, 0.3) is 0 Å². The van der Waals surface area contributed by atoms with Gasteiger partial charge in [-0.05, 0) is 25.3 Å². The molecule has 1 aromatic carbocycles. The Labute approximate surface area is 103 Å². The van der Waals surface area contributed by atoms with E-state index in [2.05, 4.69) is 0 Å². The van der Waals surface area contributed by atoms with E-state index < -0.39 is 0 Å². The molecule has 0 atom stereocenters. The van der Waals surface area contributed by atoms with Crippen molar-refractivity contribution < 1.29 is 9.53 Å². The van der Waals surface area contributed by atoms with Crippen molar-refractivity contribution in [2.75, 3.05) is 0 Å². The standard InChI is InChI=1S/C15H20O2/c1-15(10-6-3-7-11-15)14(16)17-12-13-8-4-2-5-9-13/h2,4-5,8-9H,3,6-7,10-12H2,1H3. The number of benzene rings is 1. The lowest BCUT2D eigenvalue weighted by atomic mass is 9.76. The summed E-state index contributed by atoms with van der Waals surface area (Å²) >= 11 is 0. The minimum atomic E-state index is -0.243. The third kappa shape index (κ3) is 3.09. The van der Waals surface area contributed by atoms with Gasteiger partial charge in [0.1, 0.15) is 6.61 Å². The molecule has 0 N–H and O–H groups in total. The van der Waals surface area contributed by atoms with Crippen LogP contribution in [0.15, 0.2) is 30.3 Å². The number of ether oxygens (including phenoxy) is 1. The highest BCUT2D eigenvalue weighted by molar-refractivity contribution is 5.76. The van der Waals surface area contributed by atoms with Gasteiger partial charge < -0.3 is 4.74 Å². The third-order valence-electron chi connectivity index (χ3n) is 3.66. The quantitative estimate of drug-likeness (QED) is 0.743. The maximum atomic E-state index is 12.1. The molecule has 1 aliphatic carbocycles. The predicted octanol–water partition coefficient (Wildman–Crippen LogP) is 3.70. The van der Waals surface area contributed by atoms with Crippen LogP contribution in [0, 0.1) is 5.41 Å². The van der Waals surface area contributed by atoms with E-state index in [1.165, 1.54) is 6.42 Å². The van der Waals surface area contributed by atoms with Gasteiger partial charge in [0.15, 0.2) is 0 Å². The molecule has 0 aromatic heterocycles. The molecular formula is C15H20O2. The topological polar surface area (TPSA) is 26.3 Å². The van der Waals surface area contributed by atoms with Crippen molar-refractivity contribution in [2.24, 2.45) is 5.41 Å². The SMILES string of the molecule is CC1(C(=O)OCc2ccccc2)CCCCC1. The van der Waals surface area contributed by atoms with Crippen LogP contribution >= 0.6 is 0 Å². The zero-order valence-electron chi connectivity index (χ0n) is 10.4. The minimum absolute atomic E-state index is 0.0268. The van der Waals surface area contributed by atoms with Crippen molar-refractivity contribution in [2.45, 2.75) is 45.6 Å². The molecule has 1 aliphatic rings. The van der Waals surface area contributed by atoms with Gasteiger partial charge in [0, 0.05) is 0 Å². The minimum Gasteiger partial charge on any atom is -0.460 e. The van der Waals surface area contributed by atoms with Gasteiger partial charge in [-0.2, -0.15) is 0 Å². The first-order valence-electron chi connectivity index (χ1n) is 6.42. The molecule has 1 saturated carbocycles. The van der Waals surface area contributed by atoms with Crippen molar-refractivity contribution in [1.29, 1.82) is 0 Å². The van der Waals surface area contributed by atoms with Gasteiger partial charge in [-0.3, -0.25) is 4.79 Å². The third-order valence-corrected chi connectivity index (χ3v) is 3.66. The number of hydrogen-bond donors (Lipinski definition) is 0. The second-order valence-electron chi connectivity index (χ2n) is 5.18. The fourth-order valence-corrected chi connectivity index (χ4v) is 2.43. The van der Waals surface area contributed by atoms with E-state index in [4.69, 9.17) is 4.74 Å². The van der Waals surface area contributed by atoms with Crippen LogP contribution in [0.2, 0.25) is 0 Å². The highest BCUT2D eigenvalue weighted by atomic mass is 16.5. The van der Waals surface area contributed by atoms with Gasteiger partial charge in [-0.1, -0.05) is 49.6 Å². The van der Waals surface area contributed by atoms with E-state index in [-0.39, 0.29) is 11.4 Å². The second-order valence-corrected chi connectivity index (χ2v) is 5.18. The molecule has 2 nitrogen and oxygen atoms in total. The molecule has 0 unspecified atom stereocenters. The lowest BCUT2D eigenvalue weighted by Crippen LogP contribution is -2.31. The van der Waals surface area contributed by atoms with Crippen LogP contribution in [0.5, 0.6) is 0 Å². The van der Waals surface area contributed by atoms with Gasteiger partial charge in [-0.15, -0.1) is 0 Å². The number of hydrogen-bond acceptors (Lipinski definition) is 2. The summed E-state index contributed by atoms with van der Waals surface area (Å²) in [5, 5.41) is 0. The maximum absolute atomic E-state index is 12.1. The zero-order valence-corrected chi connectivity index (χ0v) is 10.4. The van der Waals surface area contributed by atoms with Crippen molar-refractivity contribution >= 4 is 5.97 Å². The molecule has 92 valence electrons. The van der Waals surface area contributed by atoms with Crippen LogP contribution in [0.1, 0.15) is 44.6 Å². The van der Waals surface area contributed by atoms with Crippen LogP contribution in [0.4, 0.5) is 0 Å². The normalized spacial score (nSPS) is 18.6. The molecule has 17 heavy (non-hydrogen) atoms. The summed E-state index contributed by atoms with van der Waals surface area (Å²) < 4.78 is 5.43. The zero-order chi connectivity index (χ0) is 12.1. The first kappa shape index (κ1) is 12.2. The Bertz CT molecular complexity index is 364. The summed E-state index contributed by atoms with van der Waals surface area (Å²) in [4.78, 5) is 12.1. The number of carbonyl (C=O) groups is 1. The molecule has 1 fully saturated rings. The summed E-state index contributed by atoms with van der Waals surface area (Å²) in [6, 6.07) is 9.86. The second kappa shape index (κ2) is 5.35. The summed E-state index contributed by atoms with van der Waals surface area (Å²) in [6.07, 6.45) is 5.50. The molecule has 0 amide bonds. The highest BCUT2D eigenvalue weighted by Gasteiger charge is 2.35. The van der Waals surface area contributed by atoms with Gasteiger partial charge in [-0.25, -0.2) is 0 Å². The molecule has 0 bridgehead atoms. The van der Waals surface area contributed by atoms with Crippen LogP contribution < -0.4 is 0 Å². The number of rotatable bonds is 3. The Morgan fingerprint density at radius 3 is 2.47 bits per heavy atom. The van der Waals surface area contributed by atoms with Crippen molar-refractivity contribution in [3.63, 3.8) is 0 Å². The predicted molar refractivity (Wildman–Crippen MR) is 67.4 cm³/mol. The summed E-state index contributed by atoms with van der Waals surface area (Å²) in [5.74, 6) is -0.0268. The molecule has 0 aliphatic heterocycles. The maximum Gasteiger partial charge on any atom is 0.312 e. The first-order chi connectivity index (χ1) is 8.21. The van der Waals surface area contributed by atoms with Crippen LogP contribution in [0.25, 0.3) is 0 Å². The first-order valence-corrected chi connectivity index (χ1v) is 6.42. The molecule has 2 heteroatoms. The average molecular weight is 232 g/mol. The van der Waals surface area contributed by atoms with E-state index in [1.54, 1.807) is 0 Å². The fourth-order valence-electron chi connectivity index (χ4n) is 2.43. The van der Waals surface area contributed by atoms with Crippen LogP contribution in [0.3, 0.4) is 0 Å². The molecule has 0 saturated heterocycles. The lowest BCUT2D eigenvalue weighted by Gasteiger charge is -2.30. The Morgan fingerprint density at radius 1 is 1.18 bits per heavy atom. The van der Waals surface area contributed by atoms with E-state index in [0.29, 0.717) is 6.61 Å². The number of esters is 1. The van der Waals surface area contributed by atoms with Crippen molar-refractivity contribution in [1.82, 2.24) is 0 Å². The van der Waals surface area contributed by atoms with Crippen LogP contribution in [-0.2, 0) is 16.1 Å². The molecule has 2 rings (SSSR count). The summed E-state index contributed by atoms with van der Waals surface area (Å²) in [7, 11) is 0. The Kier molecular flexibility index (Phi) is 3.82. The largest absolute Gasteiger partial charge is 0.460 e. The molecule has 1 aromatic rings. The fraction of sp³-hybridized carbons (Fsp3) is 0.533. The van der Waals surface area contributed by atoms with E-state index >= 15 is 0 Å². The Morgan fingerprint density at radius 2 is 1.82 bits per heavy atom. The molecule has 0 spiro atoms. The highest BCUT2D eigenvalue weighted by Crippen LogP contribution is 2.36. The van der Waals surface area contributed by atoms with E-state index in [1.807, 2.05) is 37.3 Å². The molecule has 0 heterocycles. The Hall–Kier alpha value is -1.31. The van der Waals surface area contributed by atoms with E-state index in [0.717, 1.165) is 31.2 Å².